The average molecular weight is 272 g/mol. The minimum Gasteiger partial charge on any atom is -0.507 e. The van der Waals surface area contributed by atoms with E-state index in [9.17, 15) is 15.0 Å². The molecule has 0 spiro atoms. The molecular weight excluding hydrogens is 256 g/mol. The van der Waals surface area contributed by atoms with Crippen LogP contribution < -0.4 is 4.74 Å². The molecule has 1 aromatic carbocycles. The van der Waals surface area contributed by atoms with E-state index in [1.807, 2.05) is 12.2 Å². The number of hydrogen-bond donors (Lipinski definition) is 2. The molecule has 4 heteroatoms. The largest absolute Gasteiger partial charge is 0.507 e. The van der Waals surface area contributed by atoms with Crippen molar-refractivity contribution in [3.8, 4) is 11.5 Å². The van der Waals surface area contributed by atoms with E-state index in [2.05, 4.69) is 0 Å². The molecule has 0 atom stereocenters. The number of allylic oxidation sites excluding steroid dienone is 4. The SMILES string of the molecule is COc1ccc(C(=O)/C=C(\O)C2=CCCC=C2)c(O)c1. The van der Waals surface area contributed by atoms with Crippen LogP contribution in [0.1, 0.15) is 23.2 Å². The number of aliphatic hydroxyl groups is 1. The summed E-state index contributed by atoms with van der Waals surface area (Å²) in [6.45, 7) is 0. The van der Waals surface area contributed by atoms with Crippen molar-refractivity contribution < 1.29 is 19.7 Å². The first-order valence-corrected chi connectivity index (χ1v) is 6.31. The molecule has 0 aromatic heterocycles. The van der Waals surface area contributed by atoms with E-state index >= 15 is 0 Å². The Kier molecular flexibility index (Phi) is 4.25. The van der Waals surface area contributed by atoms with Gasteiger partial charge in [-0.3, -0.25) is 4.79 Å². The second-order valence-electron chi connectivity index (χ2n) is 4.42. The second kappa shape index (κ2) is 6.10. The maximum absolute atomic E-state index is 12.0. The Morgan fingerprint density at radius 3 is 2.75 bits per heavy atom. The molecule has 0 aliphatic heterocycles. The maximum Gasteiger partial charge on any atom is 0.193 e. The quantitative estimate of drug-likeness (QED) is 0.501. The Morgan fingerprint density at radius 1 is 1.35 bits per heavy atom. The summed E-state index contributed by atoms with van der Waals surface area (Å²) in [6, 6.07) is 4.40. The molecule has 20 heavy (non-hydrogen) atoms. The van der Waals surface area contributed by atoms with Crippen LogP contribution in [0.4, 0.5) is 0 Å². The normalized spacial score (nSPS) is 14.8. The molecular formula is C16H16O4. The van der Waals surface area contributed by atoms with E-state index < -0.39 is 5.78 Å². The Labute approximate surface area is 117 Å². The third kappa shape index (κ3) is 3.09. The molecule has 0 radical (unpaired) electrons. The third-order valence-corrected chi connectivity index (χ3v) is 3.03. The Hall–Kier alpha value is -2.49. The predicted molar refractivity (Wildman–Crippen MR) is 76.2 cm³/mol. The van der Waals surface area contributed by atoms with Gasteiger partial charge in [0.25, 0.3) is 0 Å². The van der Waals surface area contributed by atoms with Gasteiger partial charge in [0.05, 0.1) is 12.7 Å². The van der Waals surface area contributed by atoms with Gasteiger partial charge in [0.2, 0.25) is 0 Å². The number of carbonyl (C=O) groups excluding carboxylic acids is 1. The van der Waals surface area contributed by atoms with Crippen molar-refractivity contribution in [2.24, 2.45) is 0 Å². The average Bonchev–Trinajstić information content (AvgIpc) is 2.47. The highest BCUT2D eigenvalue weighted by atomic mass is 16.5. The first-order valence-electron chi connectivity index (χ1n) is 6.31. The van der Waals surface area contributed by atoms with Gasteiger partial charge in [-0.25, -0.2) is 0 Å². The number of benzene rings is 1. The number of rotatable bonds is 4. The summed E-state index contributed by atoms with van der Waals surface area (Å²) in [4.78, 5) is 12.0. The van der Waals surface area contributed by atoms with E-state index in [1.165, 1.54) is 19.2 Å². The molecule has 0 amide bonds. The lowest BCUT2D eigenvalue weighted by Crippen LogP contribution is -1.99. The zero-order chi connectivity index (χ0) is 14.5. The van der Waals surface area contributed by atoms with Crippen molar-refractivity contribution in [2.45, 2.75) is 12.8 Å². The monoisotopic (exact) mass is 272 g/mol. The van der Waals surface area contributed by atoms with Crippen LogP contribution in [0.2, 0.25) is 0 Å². The molecule has 2 rings (SSSR count). The lowest BCUT2D eigenvalue weighted by molar-refractivity contribution is 0.104. The molecule has 0 saturated carbocycles. The van der Waals surface area contributed by atoms with E-state index in [1.54, 1.807) is 12.1 Å². The molecule has 0 heterocycles. The molecule has 4 nitrogen and oxygen atoms in total. The summed E-state index contributed by atoms with van der Waals surface area (Å²) < 4.78 is 4.95. The number of phenolic OH excluding ortho intramolecular Hbond substituents is 1. The molecule has 104 valence electrons. The maximum atomic E-state index is 12.0. The predicted octanol–water partition coefficient (Wildman–Crippen LogP) is 3.30. The zero-order valence-corrected chi connectivity index (χ0v) is 11.2. The van der Waals surface area contributed by atoms with Gasteiger partial charge < -0.3 is 14.9 Å². The van der Waals surface area contributed by atoms with Gasteiger partial charge >= 0.3 is 0 Å². The van der Waals surface area contributed by atoms with Gasteiger partial charge in [-0.2, -0.15) is 0 Å². The van der Waals surface area contributed by atoms with E-state index in [0.717, 1.165) is 18.9 Å². The van der Waals surface area contributed by atoms with Crippen molar-refractivity contribution in [1.29, 1.82) is 0 Å². The van der Waals surface area contributed by atoms with Gasteiger partial charge in [-0.1, -0.05) is 18.2 Å². The first kappa shape index (κ1) is 13.9. The summed E-state index contributed by atoms with van der Waals surface area (Å²) in [6.07, 6.45) is 8.47. The van der Waals surface area contributed by atoms with Gasteiger partial charge in [-0.15, -0.1) is 0 Å². The summed E-state index contributed by atoms with van der Waals surface area (Å²) in [5.41, 5.74) is 0.746. The van der Waals surface area contributed by atoms with Gasteiger partial charge in [0, 0.05) is 17.7 Å². The van der Waals surface area contributed by atoms with E-state index in [0.29, 0.717) is 11.3 Å². The third-order valence-electron chi connectivity index (χ3n) is 3.03. The Bertz CT molecular complexity index is 609. The summed E-state index contributed by atoms with van der Waals surface area (Å²) in [5, 5.41) is 19.7. The molecule has 0 fully saturated rings. The molecule has 0 saturated heterocycles. The molecule has 0 unspecified atom stereocenters. The molecule has 0 bridgehead atoms. The number of aromatic hydroxyl groups is 1. The van der Waals surface area contributed by atoms with Crippen LogP contribution in [0.5, 0.6) is 11.5 Å². The van der Waals surface area contributed by atoms with E-state index in [-0.39, 0.29) is 17.1 Å². The number of ketones is 1. The smallest absolute Gasteiger partial charge is 0.193 e. The highest BCUT2D eigenvalue weighted by Gasteiger charge is 2.12. The van der Waals surface area contributed by atoms with Crippen molar-refractivity contribution in [1.82, 2.24) is 0 Å². The van der Waals surface area contributed by atoms with Crippen molar-refractivity contribution in [2.75, 3.05) is 7.11 Å². The molecule has 1 aromatic rings. The summed E-state index contributed by atoms with van der Waals surface area (Å²) in [5.74, 6) is -0.263. The Morgan fingerprint density at radius 2 is 2.15 bits per heavy atom. The standard InChI is InChI=1S/C16H16O4/c1-20-12-7-8-13(15(18)9-12)16(19)10-14(17)11-5-3-2-4-6-11/h3,5-10,17-18H,2,4H2,1H3/b14-10-. The van der Waals surface area contributed by atoms with Gasteiger partial charge in [-0.05, 0) is 25.0 Å². The summed E-state index contributed by atoms with van der Waals surface area (Å²) >= 11 is 0. The van der Waals surface area contributed by atoms with Gasteiger partial charge in [0.1, 0.15) is 17.3 Å². The van der Waals surface area contributed by atoms with E-state index in [4.69, 9.17) is 4.74 Å². The molecule has 2 N–H and O–H groups in total. The van der Waals surface area contributed by atoms with Crippen LogP contribution in [-0.4, -0.2) is 23.1 Å². The minimum atomic E-state index is -0.456. The lowest BCUT2D eigenvalue weighted by atomic mass is 10.0. The number of phenols is 1. The summed E-state index contributed by atoms with van der Waals surface area (Å²) in [7, 11) is 1.48. The van der Waals surface area contributed by atoms with Crippen LogP contribution in [0.3, 0.4) is 0 Å². The number of aliphatic hydroxyl groups excluding tert-OH is 1. The number of carbonyl (C=O) groups is 1. The Balaban J connectivity index is 2.23. The number of hydrogen-bond acceptors (Lipinski definition) is 4. The number of ether oxygens (including phenoxy) is 1. The zero-order valence-electron chi connectivity index (χ0n) is 11.2. The highest BCUT2D eigenvalue weighted by Crippen LogP contribution is 2.25. The lowest BCUT2D eigenvalue weighted by Gasteiger charge is -2.07. The molecule has 1 aliphatic carbocycles. The molecule has 1 aliphatic rings. The fourth-order valence-corrected chi connectivity index (χ4v) is 1.94. The van der Waals surface area contributed by atoms with Crippen LogP contribution in [0.25, 0.3) is 0 Å². The minimum absolute atomic E-state index is 0.0961. The van der Waals surface area contributed by atoms with Gasteiger partial charge in [0.15, 0.2) is 5.78 Å². The number of methoxy groups -OCH3 is 1. The van der Waals surface area contributed by atoms with Crippen LogP contribution >= 0.6 is 0 Å². The van der Waals surface area contributed by atoms with Crippen molar-refractivity contribution >= 4 is 5.78 Å². The highest BCUT2D eigenvalue weighted by molar-refractivity contribution is 6.07. The van der Waals surface area contributed by atoms with Crippen LogP contribution in [0.15, 0.2) is 53.8 Å². The van der Waals surface area contributed by atoms with Crippen molar-refractivity contribution in [3.05, 3.63) is 59.4 Å². The topological polar surface area (TPSA) is 66.8 Å². The van der Waals surface area contributed by atoms with Crippen molar-refractivity contribution in [3.63, 3.8) is 0 Å². The second-order valence-corrected chi connectivity index (χ2v) is 4.42. The first-order chi connectivity index (χ1) is 9.61. The fraction of sp³-hybridized carbons (Fsp3) is 0.188. The fourth-order valence-electron chi connectivity index (χ4n) is 1.94. The van der Waals surface area contributed by atoms with Crippen LogP contribution in [0, 0.1) is 0 Å². The van der Waals surface area contributed by atoms with Crippen LogP contribution in [-0.2, 0) is 0 Å².